The number of aldehydes is 1. The molecule has 3 nitrogen and oxygen atoms in total. The Hall–Kier alpha value is -2.42. The van der Waals surface area contributed by atoms with E-state index in [1.165, 1.54) is 0 Å². The number of hydrogen-bond acceptors (Lipinski definition) is 3. The highest BCUT2D eigenvalue weighted by atomic mass is 16.5. The van der Waals surface area contributed by atoms with Crippen LogP contribution in [0.15, 0.2) is 54.6 Å². The Balaban J connectivity index is 2.12. The molecule has 102 valence electrons. The highest BCUT2D eigenvalue weighted by molar-refractivity contribution is 5.98. The van der Waals surface area contributed by atoms with E-state index in [1.54, 1.807) is 31.4 Å². The van der Waals surface area contributed by atoms with E-state index in [-0.39, 0.29) is 12.2 Å². The first kappa shape index (κ1) is 14.0. The van der Waals surface area contributed by atoms with E-state index in [4.69, 9.17) is 4.74 Å². The van der Waals surface area contributed by atoms with Gasteiger partial charge in [-0.25, -0.2) is 0 Å². The third-order valence-electron chi connectivity index (χ3n) is 3.21. The monoisotopic (exact) mass is 268 g/mol. The Morgan fingerprint density at radius 2 is 1.75 bits per heavy atom. The van der Waals surface area contributed by atoms with Gasteiger partial charge >= 0.3 is 0 Å². The fourth-order valence-electron chi connectivity index (χ4n) is 2.04. The largest absolute Gasteiger partial charge is 0.497 e. The molecule has 1 unspecified atom stereocenters. The second kappa shape index (κ2) is 6.66. The minimum Gasteiger partial charge on any atom is -0.497 e. The third kappa shape index (κ3) is 3.32. The first-order valence-corrected chi connectivity index (χ1v) is 6.42. The van der Waals surface area contributed by atoms with Crippen LogP contribution in [0.3, 0.4) is 0 Å². The van der Waals surface area contributed by atoms with E-state index in [0.717, 1.165) is 17.6 Å². The number of ketones is 1. The molecule has 0 N–H and O–H groups in total. The molecule has 0 aliphatic rings. The summed E-state index contributed by atoms with van der Waals surface area (Å²) >= 11 is 0. The second-order valence-corrected chi connectivity index (χ2v) is 4.51. The van der Waals surface area contributed by atoms with Crippen LogP contribution in [-0.4, -0.2) is 19.2 Å². The van der Waals surface area contributed by atoms with Crippen molar-refractivity contribution in [1.82, 2.24) is 0 Å². The van der Waals surface area contributed by atoms with Gasteiger partial charge in [0, 0.05) is 17.9 Å². The summed E-state index contributed by atoms with van der Waals surface area (Å²) in [6.07, 6.45) is 1.00. The van der Waals surface area contributed by atoms with E-state index in [1.807, 2.05) is 30.3 Å². The lowest BCUT2D eigenvalue weighted by atomic mass is 9.93. The number of carbonyl (C=O) groups is 2. The molecular weight excluding hydrogens is 252 g/mol. The van der Waals surface area contributed by atoms with Crippen LogP contribution >= 0.6 is 0 Å². The summed E-state index contributed by atoms with van der Waals surface area (Å²) in [5.41, 5.74) is 1.46. The highest BCUT2D eigenvalue weighted by Crippen LogP contribution is 2.22. The van der Waals surface area contributed by atoms with Gasteiger partial charge in [0.25, 0.3) is 0 Å². The van der Waals surface area contributed by atoms with Gasteiger partial charge in [0.15, 0.2) is 5.78 Å². The number of Topliss-reactive ketones (excluding diaryl/α,β-unsaturated/α-hetero) is 1. The molecule has 20 heavy (non-hydrogen) atoms. The molecule has 3 heteroatoms. The van der Waals surface area contributed by atoms with Crippen LogP contribution in [0.4, 0.5) is 0 Å². The summed E-state index contributed by atoms with van der Waals surface area (Å²) in [6, 6.07) is 16.2. The molecule has 0 saturated heterocycles. The van der Waals surface area contributed by atoms with Crippen LogP contribution in [0.1, 0.15) is 28.3 Å². The summed E-state index contributed by atoms with van der Waals surface area (Å²) in [6.45, 7) is 0. The number of benzene rings is 2. The van der Waals surface area contributed by atoms with Crippen LogP contribution in [-0.2, 0) is 4.79 Å². The lowest BCUT2D eigenvalue weighted by Gasteiger charge is -2.10. The zero-order valence-corrected chi connectivity index (χ0v) is 11.3. The van der Waals surface area contributed by atoms with E-state index in [9.17, 15) is 9.59 Å². The Labute approximate surface area is 118 Å². The van der Waals surface area contributed by atoms with Gasteiger partial charge in [-0.15, -0.1) is 0 Å². The molecular formula is C17H16O3. The maximum absolute atomic E-state index is 12.1. The van der Waals surface area contributed by atoms with Gasteiger partial charge in [0.2, 0.25) is 0 Å². The fourth-order valence-corrected chi connectivity index (χ4v) is 2.04. The van der Waals surface area contributed by atoms with Crippen molar-refractivity contribution in [2.24, 2.45) is 0 Å². The van der Waals surface area contributed by atoms with Crippen molar-refractivity contribution in [3.05, 3.63) is 65.7 Å². The van der Waals surface area contributed by atoms with Crippen LogP contribution in [0.2, 0.25) is 0 Å². The van der Waals surface area contributed by atoms with Crippen molar-refractivity contribution in [2.45, 2.75) is 12.3 Å². The SMILES string of the molecule is COc1ccc(C(C=O)CC(=O)c2ccccc2)cc1. The Morgan fingerprint density at radius 1 is 1.10 bits per heavy atom. The first-order valence-electron chi connectivity index (χ1n) is 6.42. The van der Waals surface area contributed by atoms with E-state index < -0.39 is 5.92 Å². The molecule has 0 amide bonds. The van der Waals surface area contributed by atoms with Gasteiger partial charge < -0.3 is 9.53 Å². The van der Waals surface area contributed by atoms with E-state index in [2.05, 4.69) is 0 Å². The number of rotatable bonds is 6. The maximum Gasteiger partial charge on any atom is 0.163 e. The zero-order chi connectivity index (χ0) is 14.4. The van der Waals surface area contributed by atoms with E-state index >= 15 is 0 Å². The average molecular weight is 268 g/mol. The Kier molecular flexibility index (Phi) is 4.66. The van der Waals surface area contributed by atoms with Crippen molar-refractivity contribution < 1.29 is 14.3 Å². The maximum atomic E-state index is 12.1. The van der Waals surface area contributed by atoms with Crippen molar-refractivity contribution in [3.8, 4) is 5.75 Å². The van der Waals surface area contributed by atoms with Crippen LogP contribution < -0.4 is 4.74 Å². The topological polar surface area (TPSA) is 43.4 Å². The molecule has 0 aromatic heterocycles. The molecule has 0 aliphatic heterocycles. The van der Waals surface area contributed by atoms with Gasteiger partial charge in [-0.2, -0.15) is 0 Å². The van der Waals surface area contributed by atoms with Crippen LogP contribution in [0, 0.1) is 0 Å². The summed E-state index contributed by atoms with van der Waals surface area (Å²) in [7, 11) is 1.59. The molecule has 0 aliphatic carbocycles. The predicted octanol–water partition coefficient (Wildman–Crippen LogP) is 3.25. The fraction of sp³-hybridized carbons (Fsp3) is 0.176. The van der Waals surface area contributed by atoms with Gasteiger partial charge in [-0.3, -0.25) is 4.79 Å². The molecule has 2 aromatic rings. The summed E-state index contributed by atoms with van der Waals surface area (Å²) < 4.78 is 5.08. The van der Waals surface area contributed by atoms with Gasteiger partial charge in [0.05, 0.1) is 7.11 Å². The minimum atomic E-state index is -0.423. The molecule has 0 radical (unpaired) electrons. The average Bonchev–Trinajstić information content (AvgIpc) is 2.53. The molecule has 0 saturated carbocycles. The Bertz CT molecular complexity index is 573. The number of ether oxygens (including phenoxy) is 1. The lowest BCUT2D eigenvalue weighted by Crippen LogP contribution is -2.08. The Morgan fingerprint density at radius 3 is 2.30 bits per heavy atom. The zero-order valence-electron chi connectivity index (χ0n) is 11.3. The molecule has 1 atom stereocenters. The highest BCUT2D eigenvalue weighted by Gasteiger charge is 2.16. The standard InChI is InChI=1S/C17H16O3/c1-20-16-9-7-13(8-10-16)15(12-18)11-17(19)14-5-3-2-4-6-14/h2-10,12,15H,11H2,1H3. The third-order valence-corrected chi connectivity index (χ3v) is 3.21. The normalized spacial score (nSPS) is 11.7. The number of carbonyl (C=O) groups excluding carboxylic acids is 2. The number of methoxy groups -OCH3 is 1. The number of hydrogen-bond donors (Lipinski definition) is 0. The van der Waals surface area contributed by atoms with Crippen molar-refractivity contribution in [1.29, 1.82) is 0 Å². The summed E-state index contributed by atoms with van der Waals surface area (Å²) in [4.78, 5) is 23.4. The smallest absolute Gasteiger partial charge is 0.163 e. The summed E-state index contributed by atoms with van der Waals surface area (Å²) in [5, 5.41) is 0. The molecule has 2 aromatic carbocycles. The lowest BCUT2D eigenvalue weighted by molar-refractivity contribution is -0.109. The van der Waals surface area contributed by atoms with Crippen molar-refractivity contribution in [2.75, 3.05) is 7.11 Å². The van der Waals surface area contributed by atoms with Gasteiger partial charge in [0.1, 0.15) is 12.0 Å². The van der Waals surface area contributed by atoms with Crippen molar-refractivity contribution in [3.63, 3.8) is 0 Å². The minimum absolute atomic E-state index is 0.0291. The predicted molar refractivity (Wildman–Crippen MR) is 77.2 cm³/mol. The van der Waals surface area contributed by atoms with E-state index in [0.29, 0.717) is 5.56 Å². The quantitative estimate of drug-likeness (QED) is 0.596. The first-order chi connectivity index (χ1) is 9.74. The van der Waals surface area contributed by atoms with Crippen LogP contribution in [0.25, 0.3) is 0 Å². The van der Waals surface area contributed by atoms with Gasteiger partial charge in [-0.05, 0) is 17.7 Å². The molecule has 0 spiro atoms. The van der Waals surface area contributed by atoms with Crippen molar-refractivity contribution >= 4 is 12.1 Å². The molecule has 2 rings (SSSR count). The van der Waals surface area contributed by atoms with Gasteiger partial charge in [-0.1, -0.05) is 42.5 Å². The van der Waals surface area contributed by atoms with Crippen LogP contribution in [0.5, 0.6) is 5.75 Å². The summed E-state index contributed by atoms with van der Waals surface area (Å²) in [5.74, 6) is 0.278. The molecule has 0 fully saturated rings. The molecule has 0 heterocycles. The second-order valence-electron chi connectivity index (χ2n) is 4.51. The molecule has 0 bridgehead atoms.